The number of hydrogen-bond acceptors (Lipinski definition) is 4. The first kappa shape index (κ1) is 10.4. The van der Waals surface area contributed by atoms with E-state index in [-0.39, 0.29) is 0 Å². The maximum atomic E-state index is 5.64. The number of thioether (sulfide) groups is 1. The molecule has 0 fully saturated rings. The van der Waals surface area contributed by atoms with E-state index in [2.05, 4.69) is 15.0 Å². The van der Waals surface area contributed by atoms with Crippen molar-refractivity contribution >= 4 is 23.4 Å². The van der Waals surface area contributed by atoms with Crippen molar-refractivity contribution in [1.82, 2.24) is 19.5 Å². The highest BCUT2D eigenvalue weighted by Crippen LogP contribution is 2.18. The molecule has 0 atom stereocenters. The molecule has 2 aromatic rings. The minimum Gasteiger partial charge on any atom is -0.329 e. The molecule has 0 spiro atoms. The Bertz CT molecular complexity index is 440. The van der Waals surface area contributed by atoms with Crippen LogP contribution in [0.1, 0.15) is 5.69 Å². The van der Waals surface area contributed by atoms with Crippen LogP contribution in [0.2, 0.25) is 5.15 Å². The SMILES string of the molecule is Cn1ccnc1SCc1cnc(Cl)cn1. The first-order chi connectivity index (χ1) is 7.25. The summed E-state index contributed by atoms with van der Waals surface area (Å²) >= 11 is 7.26. The third-order valence-electron chi connectivity index (χ3n) is 1.80. The van der Waals surface area contributed by atoms with Crippen molar-refractivity contribution in [1.29, 1.82) is 0 Å². The average molecular weight is 241 g/mol. The maximum absolute atomic E-state index is 5.64. The molecule has 0 aliphatic carbocycles. The van der Waals surface area contributed by atoms with Gasteiger partial charge in [0.15, 0.2) is 5.16 Å². The van der Waals surface area contributed by atoms with Crippen molar-refractivity contribution in [2.75, 3.05) is 0 Å². The Hall–Kier alpha value is -1.07. The highest BCUT2D eigenvalue weighted by Gasteiger charge is 2.02. The lowest BCUT2D eigenvalue weighted by atomic mass is 10.5. The molecular weight excluding hydrogens is 232 g/mol. The van der Waals surface area contributed by atoms with Crippen LogP contribution in [0.3, 0.4) is 0 Å². The summed E-state index contributed by atoms with van der Waals surface area (Å²) in [6.45, 7) is 0. The summed E-state index contributed by atoms with van der Waals surface area (Å²) in [5.74, 6) is 0.745. The van der Waals surface area contributed by atoms with Crippen LogP contribution in [0.25, 0.3) is 0 Å². The van der Waals surface area contributed by atoms with Crippen molar-refractivity contribution in [3.63, 3.8) is 0 Å². The van der Waals surface area contributed by atoms with E-state index < -0.39 is 0 Å². The summed E-state index contributed by atoms with van der Waals surface area (Å²) in [6, 6.07) is 0. The van der Waals surface area contributed by atoms with E-state index >= 15 is 0 Å². The third kappa shape index (κ3) is 2.70. The molecule has 0 bridgehead atoms. The molecule has 0 aliphatic heterocycles. The first-order valence-electron chi connectivity index (χ1n) is 4.32. The Balaban J connectivity index is 1.99. The fourth-order valence-electron chi connectivity index (χ4n) is 1.04. The van der Waals surface area contributed by atoms with E-state index in [9.17, 15) is 0 Å². The predicted molar refractivity (Wildman–Crippen MR) is 59.8 cm³/mol. The summed E-state index contributed by atoms with van der Waals surface area (Å²) in [5, 5.41) is 1.38. The lowest BCUT2D eigenvalue weighted by Crippen LogP contribution is -1.92. The standard InChI is InChI=1S/C9H9ClN4S/c1-14-3-2-11-9(14)15-6-7-4-13-8(10)5-12-7/h2-5H,6H2,1H3. The van der Waals surface area contributed by atoms with Gasteiger partial charge in [-0.25, -0.2) is 9.97 Å². The van der Waals surface area contributed by atoms with Crippen molar-refractivity contribution in [2.24, 2.45) is 7.05 Å². The van der Waals surface area contributed by atoms with E-state index in [4.69, 9.17) is 11.6 Å². The number of imidazole rings is 1. The zero-order valence-corrected chi connectivity index (χ0v) is 9.66. The summed E-state index contributed by atoms with van der Waals surface area (Å²) in [5.41, 5.74) is 0.896. The van der Waals surface area contributed by atoms with E-state index in [0.29, 0.717) is 5.15 Å². The number of hydrogen-bond donors (Lipinski definition) is 0. The van der Waals surface area contributed by atoms with E-state index in [1.165, 1.54) is 0 Å². The van der Waals surface area contributed by atoms with E-state index in [1.807, 2.05) is 17.8 Å². The van der Waals surface area contributed by atoms with Gasteiger partial charge in [-0.1, -0.05) is 23.4 Å². The summed E-state index contributed by atoms with van der Waals surface area (Å²) in [4.78, 5) is 12.3. The van der Waals surface area contributed by atoms with Crippen LogP contribution in [0.15, 0.2) is 29.9 Å². The molecule has 2 rings (SSSR count). The monoisotopic (exact) mass is 240 g/mol. The lowest BCUT2D eigenvalue weighted by molar-refractivity contribution is 0.789. The van der Waals surface area contributed by atoms with Crippen molar-refractivity contribution in [3.8, 4) is 0 Å². The van der Waals surface area contributed by atoms with Crippen LogP contribution in [0.5, 0.6) is 0 Å². The summed E-state index contributed by atoms with van der Waals surface area (Å²) in [7, 11) is 1.96. The van der Waals surface area contributed by atoms with Gasteiger partial charge in [0.25, 0.3) is 0 Å². The molecule has 78 valence electrons. The Morgan fingerprint density at radius 1 is 1.33 bits per heavy atom. The average Bonchev–Trinajstić information content (AvgIpc) is 2.63. The smallest absolute Gasteiger partial charge is 0.168 e. The molecule has 0 aliphatic rings. The van der Waals surface area contributed by atoms with Crippen LogP contribution < -0.4 is 0 Å². The number of aromatic nitrogens is 4. The summed E-state index contributed by atoms with van der Waals surface area (Å²) < 4.78 is 1.97. The number of nitrogens with zero attached hydrogens (tertiary/aromatic N) is 4. The second-order valence-corrected chi connectivity index (χ2v) is 4.27. The molecule has 2 aromatic heterocycles. The highest BCUT2D eigenvalue weighted by molar-refractivity contribution is 7.98. The second-order valence-electron chi connectivity index (χ2n) is 2.94. The van der Waals surface area contributed by atoms with Gasteiger partial charge in [0.1, 0.15) is 5.15 Å². The van der Waals surface area contributed by atoms with Gasteiger partial charge in [-0.05, 0) is 0 Å². The molecular formula is C9H9ClN4S. The van der Waals surface area contributed by atoms with Crippen molar-refractivity contribution in [3.05, 3.63) is 35.6 Å². The van der Waals surface area contributed by atoms with Gasteiger partial charge in [-0.2, -0.15) is 0 Å². The molecule has 6 heteroatoms. The fraction of sp³-hybridized carbons (Fsp3) is 0.222. The van der Waals surface area contributed by atoms with E-state index in [0.717, 1.165) is 16.6 Å². The van der Waals surface area contributed by atoms with Crippen LogP contribution in [-0.4, -0.2) is 19.5 Å². The zero-order chi connectivity index (χ0) is 10.7. The maximum Gasteiger partial charge on any atom is 0.168 e. The molecule has 0 aromatic carbocycles. The lowest BCUT2D eigenvalue weighted by Gasteiger charge is -2.00. The van der Waals surface area contributed by atoms with Gasteiger partial charge in [-0.3, -0.25) is 4.98 Å². The van der Waals surface area contributed by atoms with Gasteiger partial charge < -0.3 is 4.57 Å². The van der Waals surface area contributed by atoms with Crippen LogP contribution in [-0.2, 0) is 12.8 Å². The summed E-state index contributed by atoms with van der Waals surface area (Å²) in [6.07, 6.45) is 6.92. The number of halogens is 1. The van der Waals surface area contributed by atoms with Gasteiger partial charge in [-0.15, -0.1) is 0 Å². The van der Waals surface area contributed by atoms with Gasteiger partial charge in [0.05, 0.1) is 18.1 Å². The number of rotatable bonds is 3. The normalized spacial score (nSPS) is 10.5. The molecule has 0 unspecified atom stereocenters. The Labute approximate surface area is 96.7 Å². The third-order valence-corrected chi connectivity index (χ3v) is 3.09. The van der Waals surface area contributed by atoms with Gasteiger partial charge in [0, 0.05) is 25.2 Å². The predicted octanol–water partition coefficient (Wildman–Crippen LogP) is 2.16. The Morgan fingerprint density at radius 2 is 2.20 bits per heavy atom. The molecule has 0 radical (unpaired) electrons. The van der Waals surface area contributed by atoms with Gasteiger partial charge in [0.2, 0.25) is 0 Å². The highest BCUT2D eigenvalue weighted by atomic mass is 35.5. The molecule has 0 amide bonds. The minimum atomic E-state index is 0.417. The molecule has 0 saturated heterocycles. The van der Waals surface area contributed by atoms with Crippen LogP contribution >= 0.6 is 23.4 Å². The molecule has 2 heterocycles. The van der Waals surface area contributed by atoms with Crippen LogP contribution in [0.4, 0.5) is 0 Å². The first-order valence-corrected chi connectivity index (χ1v) is 5.68. The van der Waals surface area contributed by atoms with E-state index in [1.54, 1.807) is 30.4 Å². The fourth-order valence-corrected chi connectivity index (χ4v) is 1.97. The molecule has 4 nitrogen and oxygen atoms in total. The minimum absolute atomic E-state index is 0.417. The zero-order valence-electron chi connectivity index (χ0n) is 8.09. The molecule has 0 saturated carbocycles. The second kappa shape index (κ2) is 4.63. The topological polar surface area (TPSA) is 43.6 Å². The molecule has 0 N–H and O–H groups in total. The number of aryl methyl sites for hydroxylation is 1. The largest absolute Gasteiger partial charge is 0.329 e. The van der Waals surface area contributed by atoms with Crippen LogP contribution in [0, 0.1) is 0 Å². The Morgan fingerprint density at radius 3 is 2.80 bits per heavy atom. The van der Waals surface area contributed by atoms with Crippen molar-refractivity contribution < 1.29 is 0 Å². The quantitative estimate of drug-likeness (QED) is 0.772. The van der Waals surface area contributed by atoms with Gasteiger partial charge >= 0.3 is 0 Å². The Kier molecular flexibility index (Phi) is 3.23. The van der Waals surface area contributed by atoms with Crippen molar-refractivity contribution in [2.45, 2.75) is 10.9 Å². The molecule has 15 heavy (non-hydrogen) atoms.